The topological polar surface area (TPSA) is 29.1 Å². The van der Waals surface area contributed by atoms with Gasteiger partial charge in [-0.3, -0.25) is 4.79 Å². The normalized spacial score (nSPS) is 21.2. The Bertz CT molecular complexity index is 569. The highest BCUT2D eigenvalue weighted by Gasteiger charge is 2.40. The van der Waals surface area contributed by atoms with Crippen molar-refractivity contribution in [1.29, 1.82) is 0 Å². The van der Waals surface area contributed by atoms with Gasteiger partial charge in [-0.25, -0.2) is 0 Å². The fraction of sp³-hybridized carbons (Fsp3) is 0.133. The SMILES string of the molecule is CC1(C(=O)c2ccccc2)Nc2ccccc2S1. The first-order valence-electron chi connectivity index (χ1n) is 5.85. The molecule has 0 fully saturated rings. The lowest BCUT2D eigenvalue weighted by atomic mass is 10.0. The Labute approximate surface area is 110 Å². The van der Waals surface area contributed by atoms with Gasteiger partial charge in [0.2, 0.25) is 0 Å². The molecule has 18 heavy (non-hydrogen) atoms. The largest absolute Gasteiger partial charge is 0.363 e. The number of carbonyl (C=O) groups excluding carboxylic acids is 1. The van der Waals surface area contributed by atoms with E-state index in [1.165, 1.54) is 0 Å². The molecule has 3 rings (SSSR count). The van der Waals surface area contributed by atoms with E-state index in [0.717, 1.165) is 16.1 Å². The summed E-state index contributed by atoms with van der Waals surface area (Å²) in [6.07, 6.45) is 0. The Hall–Kier alpha value is -1.74. The smallest absolute Gasteiger partial charge is 0.198 e. The molecule has 3 heteroatoms. The minimum absolute atomic E-state index is 0.115. The first-order valence-corrected chi connectivity index (χ1v) is 6.67. The quantitative estimate of drug-likeness (QED) is 0.827. The van der Waals surface area contributed by atoms with Gasteiger partial charge in [-0.1, -0.05) is 54.2 Å². The van der Waals surface area contributed by atoms with Crippen LogP contribution in [0.2, 0.25) is 0 Å². The summed E-state index contributed by atoms with van der Waals surface area (Å²) in [6.45, 7) is 1.94. The summed E-state index contributed by atoms with van der Waals surface area (Å²) in [5, 5.41) is 3.32. The number of hydrogen-bond acceptors (Lipinski definition) is 3. The molecule has 2 aromatic rings. The Morgan fingerprint density at radius 3 is 2.44 bits per heavy atom. The molecular formula is C15H13NOS. The Morgan fingerprint density at radius 2 is 1.72 bits per heavy atom. The van der Waals surface area contributed by atoms with Crippen LogP contribution in [0.15, 0.2) is 59.5 Å². The zero-order chi connectivity index (χ0) is 12.6. The van der Waals surface area contributed by atoms with E-state index in [0.29, 0.717) is 0 Å². The minimum Gasteiger partial charge on any atom is -0.363 e. The molecule has 0 aromatic heterocycles. The molecule has 1 N–H and O–H groups in total. The van der Waals surface area contributed by atoms with E-state index in [4.69, 9.17) is 0 Å². The third-order valence-corrected chi connectivity index (χ3v) is 4.32. The Kier molecular flexibility index (Phi) is 2.63. The van der Waals surface area contributed by atoms with E-state index in [1.807, 2.05) is 61.5 Å². The van der Waals surface area contributed by atoms with Gasteiger partial charge in [-0.15, -0.1) is 0 Å². The van der Waals surface area contributed by atoms with Crippen molar-refractivity contribution < 1.29 is 4.79 Å². The van der Waals surface area contributed by atoms with Gasteiger partial charge in [0, 0.05) is 16.1 Å². The van der Waals surface area contributed by atoms with Crippen LogP contribution in [-0.2, 0) is 0 Å². The molecule has 0 amide bonds. The molecule has 1 aliphatic heterocycles. The van der Waals surface area contributed by atoms with Crippen molar-refractivity contribution >= 4 is 23.2 Å². The lowest BCUT2D eigenvalue weighted by molar-refractivity contribution is 0.0963. The predicted octanol–water partition coefficient (Wildman–Crippen LogP) is 3.80. The van der Waals surface area contributed by atoms with Crippen molar-refractivity contribution in [3.8, 4) is 0 Å². The van der Waals surface area contributed by atoms with Crippen LogP contribution in [0.5, 0.6) is 0 Å². The highest BCUT2D eigenvalue weighted by atomic mass is 32.2. The number of thioether (sulfide) groups is 1. The van der Waals surface area contributed by atoms with Gasteiger partial charge in [-0.05, 0) is 19.1 Å². The third-order valence-electron chi connectivity index (χ3n) is 3.04. The first kappa shape index (κ1) is 11.4. The van der Waals surface area contributed by atoms with Crippen molar-refractivity contribution in [2.45, 2.75) is 16.7 Å². The molecule has 0 radical (unpaired) electrons. The van der Waals surface area contributed by atoms with Gasteiger partial charge in [0.25, 0.3) is 0 Å². The maximum atomic E-state index is 12.6. The number of nitrogens with one attached hydrogen (secondary N) is 1. The predicted molar refractivity (Wildman–Crippen MR) is 75.1 cm³/mol. The molecule has 0 aliphatic carbocycles. The van der Waals surface area contributed by atoms with Gasteiger partial charge in [0.05, 0.1) is 0 Å². The number of Topliss-reactive ketones (excluding diaryl/α,β-unsaturated/α-hetero) is 1. The summed E-state index contributed by atoms with van der Waals surface area (Å²) in [6, 6.07) is 17.4. The number of fused-ring (bicyclic) bond motifs is 1. The average Bonchev–Trinajstić information content (AvgIpc) is 2.76. The molecule has 0 spiro atoms. The van der Waals surface area contributed by atoms with Crippen LogP contribution >= 0.6 is 11.8 Å². The zero-order valence-corrected chi connectivity index (χ0v) is 10.8. The maximum absolute atomic E-state index is 12.6. The molecule has 1 atom stereocenters. The molecule has 1 heterocycles. The number of benzene rings is 2. The number of anilines is 1. The molecular weight excluding hydrogens is 242 g/mol. The minimum atomic E-state index is -0.606. The summed E-state index contributed by atoms with van der Waals surface area (Å²) in [5.41, 5.74) is 1.78. The molecule has 2 nitrogen and oxygen atoms in total. The summed E-state index contributed by atoms with van der Waals surface area (Å²) < 4.78 is 0. The van der Waals surface area contributed by atoms with E-state index in [-0.39, 0.29) is 5.78 Å². The van der Waals surface area contributed by atoms with Crippen LogP contribution in [-0.4, -0.2) is 10.7 Å². The van der Waals surface area contributed by atoms with Crippen molar-refractivity contribution in [1.82, 2.24) is 0 Å². The van der Waals surface area contributed by atoms with Gasteiger partial charge in [-0.2, -0.15) is 0 Å². The second kappa shape index (κ2) is 4.18. The fourth-order valence-electron chi connectivity index (χ4n) is 2.13. The number of para-hydroxylation sites is 1. The van der Waals surface area contributed by atoms with E-state index < -0.39 is 4.87 Å². The van der Waals surface area contributed by atoms with Gasteiger partial charge >= 0.3 is 0 Å². The molecule has 0 bridgehead atoms. The van der Waals surface area contributed by atoms with Gasteiger partial charge < -0.3 is 5.32 Å². The first-order chi connectivity index (χ1) is 8.69. The van der Waals surface area contributed by atoms with Crippen LogP contribution in [0.4, 0.5) is 5.69 Å². The van der Waals surface area contributed by atoms with E-state index >= 15 is 0 Å². The number of ketones is 1. The summed E-state index contributed by atoms with van der Waals surface area (Å²) in [5.74, 6) is 0.115. The second-order valence-corrected chi connectivity index (χ2v) is 5.91. The van der Waals surface area contributed by atoms with Crippen molar-refractivity contribution in [3.05, 3.63) is 60.2 Å². The second-order valence-electron chi connectivity index (χ2n) is 4.45. The Morgan fingerprint density at radius 1 is 1.06 bits per heavy atom. The Balaban J connectivity index is 1.93. The zero-order valence-electron chi connectivity index (χ0n) is 10.0. The van der Waals surface area contributed by atoms with E-state index in [1.54, 1.807) is 11.8 Å². The van der Waals surface area contributed by atoms with Crippen LogP contribution < -0.4 is 5.32 Å². The monoisotopic (exact) mass is 255 g/mol. The number of rotatable bonds is 2. The standard InChI is InChI=1S/C15H13NOS/c1-15(14(17)11-7-3-2-4-8-11)16-12-9-5-6-10-13(12)18-15/h2-10,16H,1H3. The fourth-order valence-corrected chi connectivity index (χ4v) is 3.32. The van der Waals surface area contributed by atoms with Gasteiger partial charge in [0.15, 0.2) is 5.78 Å². The van der Waals surface area contributed by atoms with Crippen molar-refractivity contribution in [2.24, 2.45) is 0 Å². The molecule has 1 unspecified atom stereocenters. The highest BCUT2D eigenvalue weighted by Crippen LogP contribution is 2.46. The van der Waals surface area contributed by atoms with Crippen molar-refractivity contribution in [3.63, 3.8) is 0 Å². The number of carbonyl (C=O) groups is 1. The van der Waals surface area contributed by atoms with E-state index in [2.05, 4.69) is 5.32 Å². The van der Waals surface area contributed by atoms with Crippen molar-refractivity contribution in [2.75, 3.05) is 5.32 Å². The third kappa shape index (κ3) is 1.81. The average molecular weight is 255 g/mol. The lowest BCUT2D eigenvalue weighted by Gasteiger charge is -2.22. The summed E-state index contributed by atoms with van der Waals surface area (Å²) in [7, 11) is 0. The van der Waals surface area contributed by atoms with Gasteiger partial charge in [0.1, 0.15) is 4.87 Å². The maximum Gasteiger partial charge on any atom is 0.198 e. The summed E-state index contributed by atoms with van der Waals surface area (Å²) in [4.78, 5) is 13.1. The lowest BCUT2D eigenvalue weighted by Crippen LogP contribution is -2.37. The number of hydrogen-bond donors (Lipinski definition) is 1. The van der Waals surface area contributed by atoms with Crippen LogP contribution in [0.3, 0.4) is 0 Å². The highest BCUT2D eigenvalue weighted by molar-refractivity contribution is 8.02. The van der Waals surface area contributed by atoms with E-state index in [9.17, 15) is 4.79 Å². The van der Waals surface area contributed by atoms with Crippen LogP contribution in [0, 0.1) is 0 Å². The summed E-state index contributed by atoms with van der Waals surface area (Å²) >= 11 is 1.58. The van der Waals surface area contributed by atoms with Crippen LogP contribution in [0.25, 0.3) is 0 Å². The molecule has 1 aliphatic rings. The molecule has 2 aromatic carbocycles. The van der Waals surface area contributed by atoms with Crippen LogP contribution in [0.1, 0.15) is 17.3 Å². The molecule has 0 saturated heterocycles. The molecule has 0 saturated carbocycles. The molecule has 90 valence electrons.